The summed E-state index contributed by atoms with van der Waals surface area (Å²) in [4.78, 5) is 12.7. The van der Waals surface area contributed by atoms with Crippen molar-refractivity contribution in [3.8, 4) is 5.75 Å². The van der Waals surface area contributed by atoms with Gasteiger partial charge in [-0.15, -0.1) is 0 Å². The summed E-state index contributed by atoms with van der Waals surface area (Å²) in [6.45, 7) is 3.27. The molecule has 0 bridgehead atoms. The van der Waals surface area contributed by atoms with E-state index >= 15 is 0 Å². The molecule has 19 heavy (non-hydrogen) atoms. The van der Waals surface area contributed by atoms with Crippen molar-refractivity contribution in [3.63, 3.8) is 0 Å². The van der Waals surface area contributed by atoms with Crippen LogP contribution >= 0.6 is 0 Å². The zero-order valence-corrected chi connectivity index (χ0v) is 11.6. The standard InChI is InChI=1S/C15H21NO3/c1-11(15(17)18)16(2)8-7-12-5-6-14-13(10-12)4-3-9-19-14/h5-6,10-11H,3-4,7-9H2,1-2H3,(H,17,18). The number of aryl methyl sites for hydroxylation is 1. The SMILES string of the molecule is CC(C(=O)O)N(C)CCc1ccc2c(c1)CCCO2. The minimum atomic E-state index is -0.777. The minimum absolute atomic E-state index is 0.444. The molecule has 0 fully saturated rings. The third kappa shape index (κ3) is 3.47. The Balaban J connectivity index is 1.94. The summed E-state index contributed by atoms with van der Waals surface area (Å²) in [6, 6.07) is 5.85. The minimum Gasteiger partial charge on any atom is -0.493 e. The molecule has 1 unspecified atom stereocenters. The third-order valence-corrected chi connectivity index (χ3v) is 3.74. The van der Waals surface area contributed by atoms with Crippen LogP contribution in [0.4, 0.5) is 0 Å². The normalized spacial score (nSPS) is 15.7. The lowest BCUT2D eigenvalue weighted by Crippen LogP contribution is -2.37. The Morgan fingerprint density at radius 3 is 3.05 bits per heavy atom. The highest BCUT2D eigenvalue weighted by atomic mass is 16.5. The van der Waals surface area contributed by atoms with Gasteiger partial charge < -0.3 is 9.84 Å². The van der Waals surface area contributed by atoms with Crippen LogP contribution in [0, 0.1) is 0 Å². The first-order chi connectivity index (χ1) is 9.08. The predicted octanol–water partition coefficient (Wildman–Crippen LogP) is 1.96. The molecule has 0 aromatic heterocycles. The highest BCUT2D eigenvalue weighted by Crippen LogP contribution is 2.25. The molecule has 1 atom stereocenters. The van der Waals surface area contributed by atoms with Crippen molar-refractivity contribution >= 4 is 5.97 Å². The number of hydrogen-bond acceptors (Lipinski definition) is 3. The van der Waals surface area contributed by atoms with E-state index in [1.54, 1.807) is 6.92 Å². The van der Waals surface area contributed by atoms with Crippen LogP contribution in [0.3, 0.4) is 0 Å². The van der Waals surface area contributed by atoms with Gasteiger partial charge in [-0.3, -0.25) is 9.69 Å². The first-order valence-electron chi connectivity index (χ1n) is 6.75. The van der Waals surface area contributed by atoms with E-state index in [2.05, 4.69) is 12.1 Å². The number of carbonyl (C=O) groups is 1. The average molecular weight is 263 g/mol. The van der Waals surface area contributed by atoms with Gasteiger partial charge in [-0.2, -0.15) is 0 Å². The lowest BCUT2D eigenvalue weighted by molar-refractivity contribution is -0.142. The van der Waals surface area contributed by atoms with Crippen LogP contribution in [0.5, 0.6) is 5.75 Å². The van der Waals surface area contributed by atoms with Crippen molar-refractivity contribution < 1.29 is 14.6 Å². The van der Waals surface area contributed by atoms with E-state index in [0.717, 1.165) is 38.2 Å². The highest BCUT2D eigenvalue weighted by Gasteiger charge is 2.16. The van der Waals surface area contributed by atoms with Crippen LogP contribution in [0.1, 0.15) is 24.5 Å². The van der Waals surface area contributed by atoms with Crippen LogP contribution in [-0.4, -0.2) is 42.2 Å². The van der Waals surface area contributed by atoms with Crippen molar-refractivity contribution in [2.75, 3.05) is 20.2 Å². The molecule has 0 radical (unpaired) electrons. The molecule has 0 aliphatic carbocycles. The van der Waals surface area contributed by atoms with E-state index in [1.807, 2.05) is 18.0 Å². The molecule has 2 rings (SSSR count). The van der Waals surface area contributed by atoms with Crippen LogP contribution in [0.15, 0.2) is 18.2 Å². The monoisotopic (exact) mass is 263 g/mol. The Labute approximate surface area is 114 Å². The van der Waals surface area contributed by atoms with Crippen molar-refractivity contribution in [1.82, 2.24) is 4.90 Å². The van der Waals surface area contributed by atoms with Crippen LogP contribution in [-0.2, 0) is 17.6 Å². The second-order valence-corrected chi connectivity index (χ2v) is 5.14. The fourth-order valence-corrected chi connectivity index (χ4v) is 2.26. The molecule has 104 valence electrons. The van der Waals surface area contributed by atoms with E-state index in [1.165, 1.54) is 11.1 Å². The number of carboxylic acid groups (broad SMARTS) is 1. The van der Waals surface area contributed by atoms with Crippen LogP contribution in [0.25, 0.3) is 0 Å². The Bertz CT molecular complexity index is 459. The first kappa shape index (κ1) is 13.9. The number of likely N-dealkylation sites (N-methyl/N-ethyl adjacent to an activating group) is 1. The summed E-state index contributed by atoms with van der Waals surface area (Å²) in [5, 5.41) is 8.95. The van der Waals surface area contributed by atoms with E-state index < -0.39 is 12.0 Å². The number of hydrogen-bond donors (Lipinski definition) is 1. The van der Waals surface area contributed by atoms with Crippen molar-refractivity contribution in [1.29, 1.82) is 0 Å². The average Bonchev–Trinajstić information content (AvgIpc) is 2.43. The fraction of sp³-hybridized carbons (Fsp3) is 0.533. The maximum Gasteiger partial charge on any atom is 0.320 e. The number of benzene rings is 1. The van der Waals surface area contributed by atoms with Gasteiger partial charge in [-0.1, -0.05) is 12.1 Å². The van der Waals surface area contributed by atoms with Crippen molar-refractivity contribution in [3.05, 3.63) is 29.3 Å². The number of aliphatic carboxylic acids is 1. The molecule has 0 saturated carbocycles. The Kier molecular flexibility index (Phi) is 4.43. The van der Waals surface area contributed by atoms with Gasteiger partial charge in [-0.05, 0) is 50.4 Å². The van der Waals surface area contributed by atoms with Crippen LogP contribution < -0.4 is 4.74 Å². The Morgan fingerprint density at radius 2 is 2.32 bits per heavy atom. The maximum absolute atomic E-state index is 10.9. The molecule has 1 heterocycles. The Morgan fingerprint density at radius 1 is 1.53 bits per heavy atom. The summed E-state index contributed by atoms with van der Waals surface area (Å²) in [6.07, 6.45) is 3.01. The first-order valence-corrected chi connectivity index (χ1v) is 6.75. The molecule has 1 aromatic rings. The van der Waals surface area contributed by atoms with E-state index in [4.69, 9.17) is 9.84 Å². The van der Waals surface area contributed by atoms with Gasteiger partial charge in [-0.25, -0.2) is 0 Å². The summed E-state index contributed by atoms with van der Waals surface area (Å²) in [5.74, 6) is 0.226. The Hall–Kier alpha value is -1.55. The van der Waals surface area contributed by atoms with E-state index in [-0.39, 0.29) is 0 Å². The van der Waals surface area contributed by atoms with Gasteiger partial charge in [0.2, 0.25) is 0 Å². The predicted molar refractivity (Wildman–Crippen MR) is 73.7 cm³/mol. The number of nitrogens with zero attached hydrogens (tertiary/aromatic N) is 1. The zero-order valence-electron chi connectivity index (χ0n) is 11.6. The molecule has 1 N–H and O–H groups in total. The zero-order chi connectivity index (χ0) is 13.8. The summed E-state index contributed by atoms with van der Waals surface area (Å²) >= 11 is 0. The molecule has 0 spiro atoms. The van der Waals surface area contributed by atoms with Crippen LogP contribution in [0.2, 0.25) is 0 Å². The second-order valence-electron chi connectivity index (χ2n) is 5.14. The lowest BCUT2D eigenvalue weighted by Gasteiger charge is -2.22. The topological polar surface area (TPSA) is 49.8 Å². The molecule has 4 nitrogen and oxygen atoms in total. The second kappa shape index (κ2) is 6.06. The summed E-state index contributed by atoms with van der Waals surface area (Å²) < 4.78 is 5.59. The lowest BCUT2D eigenvalue weighted by atomic mass is 10.0. The molecular weight excluding hydrogens is 242 g/mol. The molecule has 4 heteroatoms. The molecule has 1 aliphatic heterocycles. The van der Waals surface area contributed by atoms with Crippen molar-refractivity contribution in [2.24, 2.45) is 0 Å². The van der Waals surface area contributed by atoms with E-state index in [9.17, 15) is 4.79 Å². The largest absolute Gasteiger partial charge is 0.493 e. The number of rotatable bonds is 5. The molecule has 0 saturated heterocycles. The summed E-state index contributed by atoms with van der Waals surface area (Å²) in [5.41, 5.74) is 2.52. The third-order valence-electron chi connectivity index (χ3n) is 3.74. The number of carboxylic acids is 1. The van der Waals surface area contributed by atoms with Gasteiger partial charge in [0.25, 0.3) is 0 Å². The number of ether oxygens (including phenoxy) is 1. The molecule has 1 aromatic carbocycles. The van der Waals surface area contributed by atoms with Crippen molar-refractivity contribution in [2.45, 2.75) is 32.2 Å². The van der Waals surface area contributed by atoms with Gasteiger partial charge >= 0.3 is 5.97 Å². The molecular formula is C15H21NO3. The smallest absolute Gasteiger partial charge is 0.320 e. The van der Waals surface area contributed by atoms with E-state index in [0.29, 0.717) is 0 Å². The van der Waals surface area contributed by atoms with Gasteiger partial charge in [0.05, 0.1) is 6.61 Å². The van der Waals surface area contributed by atoms with Gasteiger partial charge in [0.15, 0.2) is 0 Å². The van der Waals surface area contributed by atoms with Gasteiger partial charge in [0.1, 0.15) is 11.8 Å². The molecule has 1 aliphatic rings. The number of fused-ring (bicyclic) bond motifs is 1. The maximum atomic E-state index is 10.9. The summed E-state index contributed by atoms with van der Waals surface area (Å²) in [7, 11) is 1.85. The fourth-order valence-electron chi connectivity index (χ4n) is 2.26. The molecule has 0 amide bonds. The highest BCUT2D eigenvalue weighted by molar-refractivity contribution is 5.72. The quantitative estimate of drug-likeness (QED) is 0.882. The van der Waals surface area contributed by atoms with Gasteiger partial charge in [0, 0.05) is 6.54 Å².